The van der Waals surface area contributed by atoms with Crippen molar-refractivity contribution in [2.75, 3.05) is 11.4 Å². The first-order valence-corrected chi connectivity index (χ1v) is 10.8. The predicted molar refractivity (Wildman–Crippen MR) is 104 cm³/mol. The van der Waals surface area contributed by atoms with Crippen molar-refractivity contribution in [1.82, 2.24) is 9.55 Å². The van der Waals surface area contributed by atoms with E-state index in [-0.39, 0.29) is 10.9 Å². The largest absolute Gasteiger partial charge is 0.361 e. The summed E-state index contributed by atoms with van der Waals surface area (Å²) in [4.78, 5) is 6.66. The molecular weight excluding hydrogens is 384 g/mol. The zero-order valence-corrected chi connectivity index (χ0v) is 16.2. The number of anilines is 1. The summed E-state index contributed by atoms with van der Waals surface area (Å²) in [5.74, 6) is -2.44. The van der Waals surface area contributed by atoms with E-state index in [4.69, 9.17) is 4.98 Å². The number of imidazole rings is 1. The summed E-state index contributed by atoms with van der Waals surface area (Å²) < 4.78 is 51.0. The molecule has 1 saturated heterocycles. The Bertz CT molecular complexity index is 1090. The summed E-state index contributed by atoms with van der Waals surface area (Å²) in [6.07, 6.45) is 1.91. The van der Waals surface area contributed by atoms with Crippen molar-refractivity contribution >= 4 is 26.6 Å². The molecule has 2 heterocycles. The topological polar surface area (TPSA) is 55.2 Å². The minimum absolute atomic E-state index is 0.0601. The zero-order chi connectivity index (χ0) is 19.9. The van der Waals surface area contributed by atoms with Crippen LogP contribution in [0, 0.1) is 0 Å². The normalized spacial score (nSPS) is 17.7. The van der Waals surface area contributed by atoms with Crippen molar-refractivity contribution in [3.05, 3.63) is 54.4 Å². The van der Waals surface area contributed by atoms with E-state index in [9.17, 15) is 17.2 Å². The average Bonchev–Trinajstić information content (AvgIpc) is 3.32. The van der Waals surface area contributed by atoms with Crippen LogP contribution in [0.2, 0.25) is 0 Å². The first-order chi connectivity index (χ1) is 13.4. The molecule has 4 rings (SSSR count). The van der Waals surface area contributed by atoms with Crippen molar-refractivity contribution in [3.63, 3.8) is 0 Å². The van der Waals surface area contributed by atoms with E-state index in [2.05, 4.69) is 22.5 Å². The number of hydrogen-bond donors (Lipinski definition) is 0. The van der Waals surface area contributed by atoms with Gasteiger partial charge in [0.25, 0.3) is 0 Å². The standard InChI is InChI=1S/C20H21F2N3O2S/c1-2-24-17-7-4-3-6-16(17)23-19(24)18-8-5-13-25(18)14-9-11-15(12-10-14)28(26,27)20(21)22/h3-4,6-7,9-12,18,20H,2,5,8,13H2,1H3. The molecule has 1 aromatic heterocycles. The molecule has 3 aromatic rings. The highest BCUT2D eigenvalue weighted by Gasteiger charge is 2.31. The van der Waals surface area contributed by atoms with E-state index < -0.39 is 15.6 Å². The number of halogens is 2. The molecule has 1 unspecified atom stereocenters. The molecule has 1 aliphatic rings. The molecule has 1 aliphatic heterocycles. The lowest BCUT2D eigenvalue weighted by Gasteiger charge is -2.27. The van der Waals surface area contributed by atoms with E-state index in [1.165, 1.54) is 12.1 Å². The quantitative estimate of drug-likeness (QED) is 0.632. The number of sulfone groups is 1. The minimum atomic E-state index is -4.58. The molecule has 1 fully saturated rings. The maximum atomic E-state index is 12.8. The number of aryl methyl sites for hydroxylation is 1. The van der Waals surface area contributed by atoms with Crippen LogP contribution in [0.4, 0.5) is 14.5 Å². The van der Waals surface area contributed by atoms with Gasteiger partial charge in [-0.15, -0.1) is 0 Å². The highest BCUT2D eigenvalue weighted by atomic mass is 32.2. The van der Waals surface area contributed by atoms with Crippen LogP contribution >= 0.6 is 0 Å². The molecule has 0 bridgehead atoms. The molecule has 1 atom stereocenters. The van der Waals surface area contributed by atoms with Gasteiger partial charge in [-0.25, -0.2) is 13.4 Å². The number of benzene rings is 2. The Morgan fingerprint density at radius 3 is 2.54 bits per heavy atom. The Hall–Kier alpha value is -2.48. The third kappa shape index (κ3) is 3.05. The zero-order valence-electron chi connectivity index (χ0n) is 15.4. The van der Waals surface area contributed by atoms with E-state index in [0.717, 1.165) is 48.5 Å². The maximum absolute atomic E-state index is 12.8. The van der Waals surface area contributed by atoms with Gasteiger partial charge in [-0.2, -0.15) is 8.78 Å². The van der Waals surface area contributed by atoms with Crippen LogP contribution < -0.4 is 4.90 Å². The van der Waals surface area contributed by atoms with Gasteiger partial charge in [0.15, 0.2) is 0 Å². The summed E-state index contributed by atoms with van der Waals surface area (Å²) >= 11 is 0. The molecule has 5 nitrogen and oxygen atoms in total. The van der Waals surface area contributed by atoms with Crippen LogP contribution in [-0.4, -0.2) is 30.3 Å². The second-order valence-electron chi connectivity index (χ2n) is 6.85. The van der Waals surface area contributed by atoms with Gasteiger partial charge in [0.05, 0.1) is 22.0 Å². The third-order valence-electron chi connectivity index (χ3n) is 5.28. The van der Waals surface area contributed by atoms with Crippen LogP contribution in [0.3, 0.4) is 0 Å². The molecular formula is C20H21F2N3O2S. The second kappa shape index (κ2) is 7.16. The number of hydrogen-bond acceptors (Lipinski definition) is 4. The van der Waals surface area contributed by atoms with Crippen molar-refractivity contribution in [2.24, 2.45) is 0 Å². The molecule has 8 heteroatoms. The van der Waals surface area contributed by atoms with Gasteiger partial charge in [-0.1, -0.05) is 12.1 Å². The van der Waals surface area contributed by atoms with E-state index >= 15 is 0 Å². The maximum Gasteiger partial charge on any atom is 0.341 e. The Balaban J connectivity index is 1.70. The summed E-state index contributed by atoms with van der Waals surface area (Å²) in [5, 5.41) is 0. The fraction of sp³-hybridized carbons (Fsp3) is 0.350. The summed E-state index contributed by atoms with van der Waals surface area (Å²) in [5.41, 5.74) is 2.85. The number of aromatic nitrogens is 2. The second-order valence-corrected chi connectivity index (χ2v) is 8.77. The van der Waals surface area contributed by atoms with E-state index in [1.807, 2.05) is 18.2 Å². The molecule has 2 aromatic carbocycles. The molecule has 148 valence electrons. The predicted octanol–water partition coefficient (Wildman–Crippen LogP) is 4.39. The number of fused-ring (bicyclic) bond motifs is 1. The average molecular weight is 405 g/mol. The summed E-state index contributed by atoms with van der Waals surface area (Å²) in [6.45, 7) is 3.69. The lowest BCUT2D eigenvalue weighted by atomic mass is 10.2. The first-order valence-electron chi connectivity index (χ1n) is 9.27. The van der Waals surface area contributed by atoms with Crippen LogP contribution in [0.1, 0.15) is 31.6 Å². The molecule has 0 saturated carbocycles. The highest BCUT2D eigenvalue weighted by molar-refractivity contribution is 7.91. The van der Waals surface area contributed by atoms with Gasteiger partial charge in [0.1, 0.15) is 5.82 Å². The highest BCUT2D eigenvalue weighted by Crippen LogP contribution is 2.37. The molecule has 28 heavy (non-hydrogen) atoms. The smallest absolute Gasteiger partial charge is 0.341 e. The Morgan fingerprint density at radius 2 is 1.86 bits per heavy atom. The van der Waals surface area contributed by atoms with Gasteiger partial charge in [0.2, 0.25) is 9.84 Å². The molecule has 0 N–H and O–H groups in total. The third-order valence-corrected chi connectivity index (χ3v) is 6.68. The van der Waals surface area contributed by atoms with E-state index in [1.54, 1.807) is 12.1 Å². The first kappa shape index (κ1) is 18.9. The van der Waals surface area contributed by atoms with Gasteiger partial charge < -0.3 is 9.47 Å². The Morgan fingerprint density at radius 1 is 1.14 bits per heavy atom. The van der Waals surface area contributed by atoms with Crippen LogP contribution in [0.15, 0.2) is 53.4 Å². The summed E-state index contributed by atoms with van der Waals surface area (Å²) in [7, 11) is -4.58. The van der Waals surface area contributed by atoms with Gasteiger partial charge in [-0.3, -0.25) is 0 Å². The molecule has 0 aliphatic carbocycles. The molecule has 0 spiro atoms. The molecule has 0 radical (unpaired) electrons. The number of para-hydroxylation sites is 2. The van der Waals surface area contributed by atoms with Gasteiger partial charge in [0, 0.05) is 18.8 Å². The van der Waals surface area contributed by atoms with E-state index in [0.29, 0.717) is 0 Å². The fourth-order valence-corrected chi connectivity index (χ4v) is 4.68. The van der Waals surface area contributed by atoms with Crippen molar-refractivity contribution < 1.29 is 17.2 Å². The SMILES string of the molecule is CCn1c(C2CCCN2c2ccc(S(=O)(=O)C(F)F)cc2)nc2ccccc21. The van der Waals surface area contributed by atoms with Gasteiger partial charge >= 0.3 is 5.76 Å². The van der Waals surface area contributed by atoms with Crippen molar-refractivity contribution in [1.29, 1.82) is 0 Å². The Labute approximate surface area is 162 Å². The summed E-state index contributed by atoms with van der Waals surface area (Å²) in [6, 6.07) is 13.8. The number of nitrogens with zero attached hydrogens (tertiary/aromatic N) is 3. The van der Waals surface area contributed by atoms with Crippen LogP contribution in [0.5, 0.6) is 0 Å². The number of rotatable bonds is 5. The fourth-order valence-electron chi connectivity index (χ4n) is 3.96. The molecule has 0 amide bonds. The lowest BCUT2D eigenvalue weighted by Crippen LogP contribution is -2.25. The van der Waals surface area contributed by atoms with Crippen molar-refractivity contribution in [2.45, 2.75) is 43.0 Å². The Kier molecular flexibility index (Phi) is 4.82. The van der Waals surface area contributed by atoms with Crippen LogP contribution in [-0.2, 0) is 16.4 Å². The minimum Gasteiger partial charge on any atom is -0.361 e. The lowest BCUT2D eigenvalue weighted by molar-refractivity contribution is 0.234. The van der Waals surface area contributed by atoms with Crippen LogP contribution in [0.25, 0.3) is 11.0 Å². The monoisotopic (exact) mass is 405 g/mol. The van der Waals surface area contributed by atoms with Gasteiger partial charge in [-0.05, 0) is 56.2 Å². The number of alkyl halides is 2. The van der Waals surface area contributed by atoms with Crippen molar-refractivity contribution in [3.8, 4) is 0 Å².